The summed E-state index contributed by atoms with van der Waals surface area (Å²) in [6.45, 7) is 8.37. The zero-order valence-corrected chi connectivity index (χ0v) is 25.7. The highest BCUT2D eigenvalue weighted by Crippen LogP contribution is 2.35. The number of amides is 2. The largest absolute Gasteiger partial charge is 0.493 e. The highest BCUT2D eigenvalue weighted by atomic mass is 16.5. The van der Waals surface area contributed by atoms with E-state index in [4.69, 9.17) is 18.9 Å². The van der Waals surface area contributed by atoms with Crippen molar-refractivity contribution in [3.63, 3.8) is 0 Å². The Kier molecular flexibility index (Phi) is 11.7. The van der Waals surface area contributed by atoms with Gasteiger partial charge in [-0.05, 0) is 82.4 Å². The number of methoxy groups -OCH3 is 3. The normalized spacial score (nSPS) is 24.3. The lowest BCUT2D eigenvalue weighted by molar-refractivity contribution is -0.138. The number of benzene rings is 1. The summed E-state index contributed by atoms with van der Waals surface area (Å²) in [5, 5.41) is 3.56. The number of nitrogens with one attached hydrogen (secondary N) is 1. The molecule has 1 aliphatic heterocycles. The van der Waals surface area contributed by atoms with Crippen LogP contribution in [0.4, 0.5) is 0 Å². The van der Waals surface area contributed by atoms with Crippen LogP contribution in [-0.2, 0) is 14.3 Å². The Hall–Kier alpha value is -2.36. The van der Waals surface area contributed by atoms with E-state index in [0.29, 0.717) is 60.8 Å². The Morgan fingerprint density at radius 1 is 0.927 bits per heavy atom. The average Bonchev–Trinajstić information content (AvgIpc) is 3.74. The smallest absolute Gasteiger partial charge is 0.254 e. The van der Waals surface area contributed by atoms with E-state index in [1.54, 1.807) is 33.5 Å². The molecular weight excluding hydrogens is 522 g/mol. The number of hydrogen-bond donors (Lipinski definition) is 1. The number of carbonyl (C=O) groups excluding carboxylic acids is 2. The van der Waals surface area contributed by atoms with Gasteiger partial charge < -0.3 is 34.1 Å². The summed E-state index contributed by atoms with van der Waals surface area (Å²) in [6, 6.07) is 5.83. The van der Waals surface area contributed by atoms with Crippen LogP contribution in [0.25, 0.3) is 0 Å². The zero-order chi connectivity index (χ0) is 29.4. The highest BCUT2D eigenvalue weighted by Gasteiger charge is 2.41. The molecule has 9 nitrogen and oxygen atoms in total. The van der Waals surface area contributed by atoms with E-state index in [1.165, 1.54) is 0 Å². The topological polar surface area (TPSA) is 89.6 Å². The molecule has 2 atom stereocenters. The summed E-state index contributed by atoms with van der Waals surface area (Å²) in [7, 11) is 5.04. The van der Waals surface area contributed by atoms with Crippen LogP contribution in [0.5, 0.6) is 11.5 Å². The van der Waals surface area contributed by atoms with Crippen molar-refractivity contribution >= 4 is 11.8 Å². The summed E-state index contributed by atoms with van der Waals surface area (Å²) >= 11 is 0. The monoisotopic (exact) mass is 573 g/mol. The van der Waals surface area contributed by atoms with Crippen molar-refractivity contribution in [2.24, 2.45) is 17.8 Å². The van der Waals surface area contributed by atoms with Crippen LogP contribution in [0.15, 0.2) is 18.2 Å². The van der Waals surface area contributed by atoms with Gasteiger partial charge in [-0.15, -0.1) is 0 Å². The molecule has 2 saturated carbocycles. The first-order valence-corrected chi connectivity index (χ1v) is 15.5. The average molecular weight is 574 g/mol. The second-order valence-corrected chi connectivity index (χ2v) is 12.2. The van der Waals surface area contributed by atoms with E-state index < -0.39 is 0 Å². The molecule has 1 heterocycles. The van der Waals surface area contributed by atoms with Crippen molar-refractivity contribution in [2.45, 2.75) is 77.0 Å². The van der Waals surface area contributed by atoms with Gasteiger partial charge in [0.1, 0.15) is 0 Å². The van der Waals surface area contributed by atoms with Crippen LogP contribution < -0.4 is 14.8 Å². The second kappa shape index (κ2) is 15.2. The molecule has 0 radical (unpaired) electrons. The molecule has 1 aromatic carbocycles. The molecule has 1 saturated heterocycles. The Morgan fingerprint density at radius 2 is 1.63 bits per heavy atom. The summed E-state index contributed by atoms with van der Waals surface area (Å²) in [4.78, 5) is 31.7. The molecule has 0 aromatic heterocycles. The van der Waals surface area contributed by atoms with Gasteiger partial charge in [0, 0.05) is 77.0 Å². The SMILES string of the molecule is COCCCOc1cc(C(=O)N(C[C@@H]2CNC[C@H]2CN(C(=O)[C@H]2CC[C@@H](OC)CC2)C2CC2)C(C)C)ccc1OC. The number of hydrogen-bond acceptors (Lipinski definition) is 7. The minimum absolute atomic E-state index is 0.0138. The van der Waals surface area contributed by atoms with Crippen LogP contribution in [-0.4, -0.2) is 101 Å². The molecule has 2 aliphatic carbocycles. The molecule has 4 rings (SSSR count). The van der Waals surface area contributed by atoms with Gasteiger partial charge in [-0.1, -0.05) is 0 Å². The van der Waals surface area contributed by atoms with E-state index in [1.807, 2.05) is 11.0 Å². The van der Waals surface area contributed by atoms with Gasteiger partial charge in [-0.3, -0.25) is 9.59 Å². The first-order valence-electron chi connectivity index (χ1n) is 15.5. The first-order chi connectivity index (χ1) is 19.9. The molecule has 1 N–H and O–H groups in total. The Bertz CT molecular complexity index is 992. The lowest BCUT2D eigenvalue weighted by atomic mass is 9.85. The van der Waals surface area contributed by atoms with Crippen molar-refractivity contribution < 1.29 is 28.5 Å². The minimum atomic E-state index is -0.0138. The van der Waals surface area contributed by atoms with E-state index >= 15 is 0 Å². The maximum Gasteiger partial charge on any atom is 0.254 e. The lowest BCUT2D eigenvalue weighted by Gasteiger charge is -2.36. The molecule has 0 bridgehead atoms. The molecule has 2 amide bonds. The van der Waals surface area contributed by atoms with Crippen LogP contribution in [0.1, 0.15) is 69.2 Å². The predicted octanol–water partition coefficient (Wildman–Crippen LogP) is 3.99. The summed E-state index contributed by atoms with van der Waals surface area (Å²) in [6.07, 6.45) is 7.03. The standard InChI is InChI=1S/C32H51N3O6/c1-22(2)34(32(37)24-9-14-29(40-5)30(17-24)41-16-6-15-38-3)20-25-18-33-19-26(25)21-35(27-10-11-27)31(36)23-7-12-28(39-4)13-8-23/h9,14,17,22-23,25-28,33H,6-8,10-13,15-16,18-21H2,1-5H3/t23-,25-,26-,28+/m0/s1. The summed E-state index contributed by atoms with van der Waals surface area (Å²) in [5.74, 6) is 2.21. The van der Waals surface area contributed by atoms with Crippen molar-refractivity contribution in [3.8, 4) is 11.5 Å². The first kappa shape index (κ1) is 31.6. The van der Waals surface area contributed by atoms with Crippen LogP contribution in [0, 0.1) is 17.8 Å². The minimum Gasteiger partial charge on any atom is -0.493 e. The lowest BCUT2D eigenvalue weighted by Crippen LogP contribution is -2.46. The summed E-state index contributed by atoms with van der Waals surface area (Å²) in [5.41, 5.74) is 0.588. The Morgan fingerprint density at radius 3 is 2.24 bits per heavy atom. The third-order valence-corrected chi connectivity index (χ3v) is 9.01. The van der Waals surface area contributed by atoms with Gasteiger partial charge in [-0.25, -0.2) is 0 Å². The van der Waals surface area contributed by atoms with Crippen molar-refractivity contribution in [3.05, 3.63) is 23.8 Å². The molecule has 41 heavy (non-hydrogen) atoms. The number of carbonyl (C=O) groups is 2. The molecule has 3 fully saturated rings. The maximum atomic E-state index is 13.8. The maximum absolute atomic E-state index is 13.8. The molecule has 230 valence electrons. The Labute approximate surface area is 246 Å². The second-order valence-electron chi connectivity index (χ2n) is 12.2. The fourth-order valence-electron chi connectivity index (χ4n) is 6.31. The zero-order valence-electron chi connectivity index (χ0n) is 25.7. The van der Waals surface area contributed by atoms with Crippen LogP contribution in [0.2, 0.25) is 0 Å². The van der Waals surface area contributed by atoms with Crippen LogP contribution >= 0.6 is 0 Å². The van der Waals surface area contributed by atoms with Gasteiger partial charge in [0.2, 0.25) is 5.91 Å². The van der Waals surface area contributed by atoms with E-state index in [2.05, 4.69) is 24.1 Å². The molecule has 0 spiro atoms. The fraction of sp³-hybridized carbons (Fsp3) is 0.750. The van der Waals surface area contributed by atoms with Crippen molar-refractivity contribution in [2.75, 3.05) is 60.7 Å². The molecule has 0 unspecified atom stereocenters. The van der Waals surface area contributed by atoms with Gasteiger partial charge in [0.05, 0.1) is 19.8 Å². The highest BCUT2D eigenvalue weighted by molar-refractivity contribution is 5.95. The van der Waals surface area contributed by atoms with Crippen molar-refractivity contribution in [1.82, 2.24) is 15.1 Å². The Balaban J connectivity index is 1.41. The van der Waals surface area contributed by atoms with E-state index in [0.717, 1.165) is 64.6 Å². The van der Waals surface area contributed by atoms with Gasteiger partial charge in [0.15, 0.2) is 11.5 Å². The molecule has 3 aliphatic rings. The predicted molar refractivity (Wildman–Crippen MR) is 158 cm³/mol. The third-order valence-electron chi connectivity index (χ3n) is 9.01. The van der Waals surface area contributed by atoms with Gasteiger partial charge in [0.25, 0.3) is 5.91 Å². The number of rotatable bonds is 15. The summed E-state index contributed by atoms with van der Waals surface area (Å²) < 4.78 is 22.1. The fourth-order valence-corrected chi connectivity index (χ4v) is 6.31. The van der Waals surface area contributed by atoms with Crippen LogP contribution in [0.3, 0.4) is 0 Å². The van der Waals surface area contributed by atoms with Gasteiger partial charge in [-0.2, -0.15) is 0 Å². The van der Waals surface area contributed by atoms with E-state index in [9.17, 15) is 9.59 Å². The van der Waals surface area contributed by atoms with Gasteiger partial charge >= 0.3 is 0 Å². The molecule has 1 aromatic rings. The number of ether oxygens (including phenoxy) is 4. The third kappa shape index (κ3) is 8.36. The molecular formula is C32H51N3O6. The number of nitrogens with zero attached hydrogens (tertiary/aromatic N) is 2. The molecule has 9 heteroatoms. The van der Waals surface area contributed by atoms with Crippen molar-refractivity contribution in [1.29, 1.82) is 0 Å². The van der Waals surface area contributed by atoms with E-state index in [-0.39, 0.29) is 23.8 Å². The quantitative estimate of drug-likeness (QED) is 0.318.